The van der Waals surface area contributed by atoms with Crippen LogP contribution in [-0.2, 0) is 0 Å². The molecule has 0 spiro atoms. The van der Waals surface area contributed by atoms with Crippen LogP contribution in [0, 0.1) is 0 Å². The Morgan fingerprint density at radius 1 is 0.200 bits per heavy atom. The summed E-state index contributed by atoms with van der Waals surface area (Å²) in [6.07, 6.45) is 18.0. The van der Waals surface area contributed by atoms with Crippen LogP contribution in [0.25, 0.3) is 0 Å². The van der Waals surface area contributed by atoms with Gasteiger partial charge < -0.3 is 0 Å². The third kappa shape index (κ3) is 14.0. The van der Waals surface area contributed by atoms with E-state index in [1.54, 1.807) is 0 Å². The lowest BCUT2D eigenvalue weighted by atomic mass is 10.0. The molecule has 0 saturated heterocycles. The van der Waals surface area contributed by atoms with Crippen molar-refractivity contribution in [3.8, 4) is 0 Å². The summed E-state index contributed by atoms with van der Waals surface area (Å²) in [6.45, 7) is 0. The molecule has 0 aromatic rings. The summed E-state index contributed by atoms with van der Waals surface area (Å²) in [5, 5.41) is 0. The molecule has 0 bridgehead atoms. The van der Waals surface area contributed by atoms with Crippen LogP contribution in [0.15, 0.2) is 0 Å². The molecule has 3 saturated carbocycles. The largest absolute Gasteiger partial charge is 0.0776 e. The van der Waals surface area contributed by atoms with Crippen molar-refractivity contribution in [2.75, 3.05) is 0 Å². The molecule has 3 rings (SSSR count). The van der Waals surface area contributed by atoms with E-state index < -0.39 is 0 Å². The smallest absolute Gasteiger partial charge is 0.0533 e. The SMILES string of the molecule is C.C.C.C1CCC1.C1CCC1.C1CCC1. The molecule has 0 N–H and O–H groups in total. The molecule has 0 atom stereocenters. The van der Waals surface area contributed by atoms with Crippen LogP contribution in [0.4, 0.5) is 0 Å². The molecule has 3 aliphatic carbocycles. The van der Waals surface area contributed by atoms with Crippen molar-refractivity contribution in [2.45, 2.75) is 99.3 Å². The Kier molecular flexibility index (Phi) is 22.4. The first-order chi connectivity index (χ1) is 6.00. The van der Waals surface area contributed by atoms with E-state index in [1.807, 2.05) is 0 Å². The summed E-state index contributed by atoms with van der Waals surface area (Å²) in [4.78, 5) is 0. The zero-order valence-electron chi connectivity index (χ0n) is 8.49. The van der Waals surface area contributed by atoms with Gasteiger partial charge >= 0.3 is 0 Å². The normalized spacial score (nSPS) is 19.2. The lowest BCUT2D eigenvalue weighted by Crippen LogP contribution is -1.85. The molecule has 96 valence electrons. The average molecular weight is 216 g/mol. The zero-order chi connectivity index (χ0) is 8.49. The summed E-state index contributed by atoms with van der Waals surface area (Å²) in [5.74, 6) is 0. The molecular formula is C15H36. The molecule has 0 aromatic heterocycles. The molecule has 0 heteroatoms. The summed E-state index contributed by atoms with van der Waals surface area (Å²) in [6, 6.07) is 0. The van der Waals surface area contributed by atoms with Gasteiger partial charge in [-0.15, -0.1) is 0 Å². The fourth-order valence-electron chi connectivity index (χ4n) is 0.750. The second kappa shape index (κ2) is 16.4. The highest BCUT2D eigenvalue weighted by molar-refractivity contribution is 4.51. The molecule has 0 aromatic carbocycles. The van der Waals surface area contributed by atoms with E-state index >= 15 is 0 Å². The highest BCUT2D eigenvalue weighted by Gasteiger charge is 1.96. The van der Waals surface area contributed by atoms with Gasteiger partial charge in [-0.1, -0.05) is 99.3 Å². The van der Waals surface area contributed by atoms with Gasteiger partial charge in [0.2, 0.25) is 0 Å². The average Bonchev–Trinajstić information content (AvgIpc) is 1.41. The van der Waals surface area contributed by atoms with Gasteiger partial charge in [0.15, 0.2) is 0 Å². The van der Waals surface area contributed by atoms with Crippen LogP contribution in [0.3, 0.4) is 0 Å². The molecule has 15 heavy (non-hydrogen) atoms. The van der Waals surface area contributed by atoms with E-state index in [-0.39, 0.29) is 22.3 Å². The molecule has 0 heterocycles. The summed E-state index contributed by atoms with van der Waals surface area (Å²) in [5.41, 5.74) is 0. The Morgan fingerprint density at radius 2 is 0.267 bits per heavy atom. The van der Waals surface area contributed by atoms with Crippen LogP contribution in [0.5, 0.6) is 0 Å². The molecule has 0 radical (unpaired) electrons. The lowest BCUT2D eigenvalue weighted by Gasteiger charge is -2.05. The number of hydrogen-bond donors (Lipinski definition) is 0. The van der Waals surface area contributed by atoms with E-state index in [2.05, 4.69) is 0 Å². The monoisotopic (exact) mass is 216 g/mol. The van der Waals surface area contributed by atoms with Crippen LogP contribution >= 0.6 is 0 Å². The van der Waals surface area contributed by atoms with Crippen molar-refractivity contribution < 1.29 is 0 Å². The molecular weight excluding hydrogens is 180 g/mol. The highest BCUT2D eigenvalue weighted by atomic mass is 14.0. The van der Waals surface area contributed by atoms with Gasteiger partial charge in [0.05, 0.1) is 0 Å². The van der Waals surface area contributed by atoms with Crippen molar-refractivity contribution in [3.05, 3.63) is 0 Å². The Labute approximate surface area is 99.9 Å². The standard InChI is InChI=1S/3C4H8.3CH4/c3*1-2-4-3-1;;;/h3*1-4H2;3*1H4. The van der Waals surface area contributed by atoms with Gasteiger partial charge in [-0.3, -0.25) is 0 Å². The second-order valence-electron chi connectivity index (χ2n) is 4.24. The van der Waals surface area contributed by atoms with Crippen molar-refractivity contribution >= 4 is 0 Å². The predicted molar refractivity (Wildman–Crippen MR) is 75.6 cm³/mol. The maximum absolute atomic E-state index is 1.50. The number of hydrogen-bond acceptors (Lipinski definition) is 0. The summed E-state index contributed by atoms with van der Waals surface area (Å²) in [7, 11) is 0. The first-order valence-electron chi connectivity index (χ1n) is 6.00. The van der Waals surface area contributed by atoms with Gasteiger partial charge in [-0.05, 0) is 0 Å². The molecule has 3 aliphatic rings. The van der Waals surface area contributed by atoms with Gasteiger partial charge in [0, 0.05) is 0 Å². The van der Waals surface area contributed by atoms with Crippen LogP contribution < -0.4 is 0 Å². The maximum atomic E-state index is 1.50. The molecule has 0 unspecified atom stereocenters. The summed E-state index contributed by atoms with van der Waals surface area (Å²) < 4.78 is 0. The minimum atomic E-state index is 0. The lowest BCUT2D eigenvalue weighted by molar-refractivity contribution is 0.504. The van der Waals surface area contributed by atoms with Crippen LogP contribution in [0.1, 0.15) is 99.3 Å². The van der Waals surface area contributed by atoms with Gasteiger partial charge in [-0.25, -0.2) is 0 Å². The zero-order valence-corrected chi connectivity index (χ0v) is 8.49. The van der Waals surface area contributed by atoms with Gasteiger partial charge in [0.25, 0.3) is 0 Å². The molecule has 0 amide bonds. The van der Waals surface area contributed by atoms with Crippen LogP contribution in [-0.4, -0.2) is 0 Å². The third-order valence-corrected chi connectivity index (χ3v) is 3.00. The van der Waals surface area contributed by atoms with E-state index in [4.69, 9.17) is 0 Å². The van der Waals surface area contributed by atoms with E-state index in [0.29, 0.717) is 0 Å². The van der Waals surface area contributed by atoms with E-state index in [1.165, 1.54) is 77.0 Å². The topological polar surface area (TPSA) is 0 Å². The van der Waals surface area contributed by atoms with Crippen molar-refractivity contribution in [3.63, 3.8) is 0 Å². The molecule has 3 fully saturated rings. The van der Waals surface area contributed by atoms with Gasteiger partial charge in [0.1, 0.15) is 0 Å². The first-order valence-corrected chi connectivity index (χ1v) is 6.00. The Morgan fingerprint density at radius 3 is 0.267 bits per heavy atom. The van der Waals surface area contributed by atoms with Crippen molar-refractivity contribution in [2.24, 2.45) is 0 Å². The fourth-order valence-corrected chi connectivity index (χ4v) is 0.750. The van der Waals surface area contributed by atoms with Crippen LogP contribution in [0.2, 0.25) is 0 Å². The molecule has 0 aliphatic heterocycles. The maximum Gasteiger partial charge on any atom is -0.0533 e. The Hall–Kier alpha value is 0. The van der Waals surface area contributed by atoms with Gasteiger partial charge in [-0.2, -0.15) is 0 Å². The Bertz CT molecular complexity index is 43.0. The number of rotatable bonds is 0. The third-order valence-electron chi connectivity index (χ3n) is 3.00. The van der Waals surface area contributed by atoms with E-state index in [9.17, 15) is 0 Å². The fraction of sp³-hybridized carbons (Fsp3) is 1.00. The quantitative estimate of drug-likeness (QED) is 0.428. The minimum Gasteiger partial charge on any atom is -0.0776 e. The minimum absolute atomic E-state index is 0. The predicted octanol–water partition coefficient (Wildman–Crippen LogP) is 6.59. The first kappa shape index (κ1) is 20.4. The highest BCUT2D eigenvalue weighted by Crippen LogP contribution is 2.15. The van der Waals surface area contributed by atoms with E-state index in [0.717, 1.165) is 0 Å². The van der Waals surface area contributed by atoms with Crippen molar-refractivity contribution in [1.29, 1.82) is 0 Å². The Balaban J connectivity index is -0.000000131. The second-order valence-corrected chi connectivity index (χ2v) is 4.24. The van der Waals surface area contributed by atoms with Crippen molar-refractivity contribution in [1.82, 2.24) is 0 Å². The summed E-state index contributed by atoms with van der Waals surface area (Å²) >= 11 is 0. The molecule has 0 nitrogen and oxygen atoms in total.